The van der Waals surface area contributed by atoms with E-state index in [-0.39, 0.29) is 12.8 Å². The van der Waals surface area contributed by atoms with Gasteiger partial charge in [0.05, 0.1) is 22.2 Å². The van der Waals surface area contributed by atoms with Crippen molar-refractivity contribution in [3.05, 3.63) is 90.9 Å². The van der Waals surface area contributed by atoms with Crippen molar-refractivity contribution < 1.29 is 38.7 Å². The number of ether oxygens (including phenoxy) is 4. The number of nitrogens with zero attached hydrogens (tertiary/aromatic N) is 2. The molecule has 6 rings (SSSR count). The Morgan fingerprint density at radius 2 is 1.05 bits per heavy atom. The first-order chi connectivity index (χ1) is 28.0. The molecule has 0 unspecified atom stereocenters. The first-order valence-corrected chi connectivity index (χ1v) is 21.6. The van der Waals surface area contributed by atoms with Crippen LogP contribution in [-0.4, -0.2) is 58.4 Å². The summed E-state index contributed by atoms with van der Waals surface area (Å²) in [4.78, 5) is 31.4. The highest BCUT2D eigenvalue weighted by molar-refractivity contribution is 9.10. The molecule has 0 aliphatic heterocycles. The average molecular weight is 925 g/mol. The normalized spacial score (nSPS) is 13.7. The van der Waals surface area contributed by atoms with Gasteiger partial charge in [0.25, 0.3) is 0 Å². The second-order valence-corrected chi connectivity index (χ2v) is 16.8. The van der Waals surface area contributed by atoms with Crippen LogP contribution in [0.15, 0.2) is 57.5 Å². The Kier molecular flexibility index (Phi) is 15.8. The predicted octanol–water partition coefficient (Wildman–Crippen LogP) is 8.93. The summed E-state index contributed by atoms with van der Waals surface area (Å²) in [6, 6.07) is 16.4. The third-order valence-electron chi connectivity index (χ3n) is 10.3. The van der Waals surface area contributed by atoms with Gasteiger partial charge in [0, 0.05) is 37.1 Å². The van der Waals surface area contributed by atoms with Gasteiger partial charge >= 0.3 is 11.9 Å². The lowest BCUT2D eigenvalue weighted by atomic mass is 9.92. The van der Waals surface area contributed by atoms with Crippen LogP contribution in [0.5, 0.6) is 23.5 Å². The first kappa shape index (κ1) is 43.3. The molecule has 4 aromatic rings. The van der Waals surface area contributed by atoms with Gasteiger partial charge in [-0.1, -0.05) is 36.4 Å². The average Bonchev–Trinajstić information content (AvgIpc) is 4.14. The van der Waals surface area contributed by atoms with Gasteiger partial charge in [-0.25, -0.2) is 0 Å². The van der Waals surface area contributed by atoms with Crippen molar-refractivity contribution in [1.29, 1.82) is 0 Å². The Morgan fingerprint density at radius 1 is 0.638 bits per heavy atom. The SMILES string of the molecule is Cc1c(COc2nc(OCC3CC3)c(CNCCCC(=O)O)cc2Br)cccc1-c1cccc(COc2nc(OCC3CC3)c(CNCCCC(=O)O)cc2Br)c1C. The van der Waals surface area contributed by atoms with Gasteiger partial charge in [0.2, 0.25) is 23.5 Å². The monoisotopic (exact) mass is 922 g/mol. The molecule has 2 aliphatic rings. The molecule has 0 radical (unpaired) electrons. The molecule has 2 aromatic carbocycles. The molecule has 14 heteroatoms. The van der Waals surface area contributed by atoms with Gasteiger partial charge in [-0.05, 0) is 155 Å². The Bertz CT molecular complexity index is 1910. The molecule has 4 N–H and O–H groups in total. The minimum Gasteiger partial charge on any atom is -0.481 e. The third-order valence-corrected chi connectivity index (χ3v) is 11.4. The Morgan fingerprint density at radius 3 is 1.43 bits per heavy atom. The number of carbonyl (C=O) groups is 2. The smallest absolute Gasteiger partial charge is 0.303 e. The molecule has 58 heavy (non-hydrogen) atoms. The van der Waals surface area contributed by atoms with Gasteiger partial charge in [-0.3, -0.25) is 9.59 Å². The number of rotatable bonds is 25. The highest BCUT2D eigenvalue weighted by atomic mass is 79.9. The summed E-state index contributed by atoms with van der Waals surface area (Å²) < 4.78 is 26.4. The number of aromatic nitrogens is 2. The topological polar surface area (TPSA) is 161 Å². The van der Waals surface area contributed by atoms with Crippen molar-refractivity contribution in [2.75, 3.05) is 26.3 Å². The maximum absolute atomic E-state index is 10.9. The molecule has 0 spiro atoms. The minimum atomic E-state index is -0.803. The van der Waals surface area contributed by atoms with E-state index in [0.717, 1.165) is 70.2 Å². The molecule has 0 atom stereocenters. The van der Waals surface area contributed by atoms with Gasteiger partial charge in [-0.15, -0.1) is 0 Å². The number of aliphatic carboxylic acids is 2. The van der Waals surface area contributed by atoms with E-state index in [1.54, 1.807) is 0 Å². The molecule has 2 aliphatic carbocycles. The highest BCUT2D eigenvalue weighted by Crippen LogP contribution is 2.36. The Balaban J connectivity index is 1.12. The lowest BCUT2D eigenvalue weighted by molar-refractivity contribution is -0.138. The molecule has 2 heterocycles. The number of pyridine rings is 2. The van der Waals surface area contributed by atoms with Gasteiger partial charge < -0.3 is 39.8 Å². The summed E-state index contributed by atoms with van der Waals surface area (Å²) in [5, 5.41) is 24.5. The van der Waals surface area contributed by atoms with E-state index in [9.17, 15) is 9.59 Å². The van der Waals surface area contributed by atoms with Crippen molar-refractivity contribution in [2.45, 2.75) is 91.5 Å². The van der Waals surface area contributed by atoms with Crippen LogP contribution >= 0.6 is 31.9 Å². The van der Waals surface area contributed by atoms with E-state index in [1.165, 1.54) is 0 Å². The van der Waals surface area contributed by atoms with Crippen LogP contribution in [-0.2, 0) is 35.9 Å². The van der Waals surface area contributed by atoms with Crippen molar-refractivity contribution in [3.63, 3.8) is 0 Å². The van der Waals surface area contributed by atoms with Gasteiger partial charge in [0.15, 0.2) is 0 Å². The zero-order valence-corrected chi connectivity index (χ0v) is 36.3. The second kappa shape index (κ2) is 21.1. The van der Waals surface area contributed by atoms with Crippen LogP contribution in [0.1, 0.15) is 84.7 Å². The van der Waals surface area contributed by atoms with Crippen molar-refractivity contribution in [3.8, 4) is 34.6 Å². The zero-order valence-electron chi connectivity index (χ0n) is 33.1. The second-order valence-electron chi connectivity index (χ2n) is 15.1. The van der Waals surface area contributed by atoms with E-state index in [1.807, 2.05) is 24.3 Å². The fraction of sp³-hybridized carbons (Fsp3) is 0.455. The number of hydrogen-bond donors (Lipinski definition) is 4. The molecule has 0 amide bonds. The maximum atomic E-state index is 10.9. The quantitative estimate of drug-likeness (QED) is 0.0468. The molecule has 2 aromatic heterocycles. The predicted molar refractivity (Wildman–Crippen MR) is 227 cm³/mol. The van der Waals surface area contributed by atoms with E-state index < -0.39 is 11.9 Å². The number of halogens is 2. The van der Waals surface area contributed by atoms with E-state index >= 15 is 0 Å². The molecular formula is C44H52Br2N4O8. The maximum Gasteiger partial charge on any atom is 0.303 e. The largest absolute Gasteiger partial charge is 0.481 e. The Hall–Kier alpha value is -4.24. The van der Waals surface area contributed by atoms with Crippen LogP contribution in [0.2, 0.25) is 0 Å². The van der Waals surface area contributed by atoms with Gasteiger partial charge in [0.1, 0.15) is 13.2 Å². The summed E-state index contributed by atoms with van der Waals surface area (Å²) in [6.07, 6.45) is 5.96. The van der Waals surface area contributed by atoms with Crippen molar-refractivity contribution in [2.24, 2.45) is 11.8 Å². The van der Waals surface area contributed by atoms with E-state index in [4.69, 9.17) is 39.1 Å². The first-order valence-electron chi connectivity index (χ1n) is 20.0. The van der Waals surface area contributed by atoms with Crippen molar-refractivity contribution >= 4 is 43.8 Å². The number of nitrogens with one attached hydrogen (secondary N) is 2. The summed E-state index contributed by atoms with van der Waals surface area (Å²) in [6.45, 7) is 8.20. The van der Waals surface area contributed by atoms with Crippen LogP contribution in [0.4, 0.5) is 0 Å². The third kappa shape index (κ3) is 12.9. The molecule has 0 bridgehead atoms. The van der Waals surface area contributed by atoms with Crippen LogP contribution in [0, 0.1) is 25.7 Å². The number of hydrogen-bond acceptors (Lipinski definition) is 10. The molecule has 310 valence electrons. The standard InChI is InChI=1S/C44H52Br2N4O8/c1-27-31(25-57-43-37(45)19-33(21-47-17-5-11-39(51)52)41(49-43)55-23-29-13-14-29)7-3-9-35(27)36-10-4-8-32(28(36)2)26-58-44-38(46)20-34(22-48-18-6-12-40(53)54)42(50-44)56-24-30-15-16-30/h3-4,7-10,19-20,29-30,47-48H,5-6,11-18,21-26H2,1-2H3,(H,51,52)(H,53,54). The van der Waals surface area contributed by atoms with Gasteiger partial charge in [-0.2, -0.15) is 9.97 Å². The lowest BCUT2D eigenvalue weighted by Crippen LogP contribution is -2.17. The molecule has 2 fully saturated rings. The summed E-state index contributed by atoms with van der Waals surface area (Å²) in [5.74, 6) is 1.44. The fourth-order valence-electron chi connectivity index (χ4n) is 6.39. The number of benzene rings is 2. The Labute approximate surface area is 356 Å². The number of carboxylic acids is 2. The molecular weight excluding hydrogens is 872 g/mol. The van der Waals surface area contributed by atoms with Crippen LogP contribution in [0.25, 0.3) is 11.1 Å². The van der Waals surface area contributed by atoms with Crippen LogP contribution < -0.4 is 29.6 Å². The zero-order chi connectivity index (χ0) is 41.0. The minimum absolute atomic E-state index is 0.121. The summed E-state index contributed by atoms with van der Waals surface area (Å²) in [7, 11) is 0. The molecule has 12 nitrogen and oxygen atoms in total. The molecule has 0 saturated heterocycles. The molecule has 2 saturated carbocycles. The van der Waals surface area contributed by atoms with Crippen LogP contribution in [0.3, 0.4) is 0 Å². The van der Waals surface area contributed by atoms with E-state index in [2.05, 4.69) is 80.6 Å². The van der Waals surface area contributed by atoms with E-state index in [0.29, 0.717) is 110 Å². The highest BCUT2D eigenvalue weighted by Gasteiger charge is 2.25. The lowest BCUT2D eigenvalue weighted by Gasteiger charge is -2.18. The summed E-state index contributed by atoms with van der Waals surface area (Å²) in [5.41, 5.74) is 8.22. The van der Waals surface area contributed by atoms with Crippen molar-refractivity contribution in [1.82, 2.24) is 20.6 Å². The fourth-order valence-corrected chi connectivity index (χ4v) is 7.35. The summed E-state index contributed by atoms with van der Waals surface area (Å²) >= 11 is 7.32. The number of carboxylic acid groups (broad SMARTS) is 2.